The molecular formula is C20H25N3O2. The van der Waals surface area contributed by atoms with Crippen LogP contribution in [0.15, 0.2) is 54.6 Å². The summed E-state index contributed by atoms with van der Waals surface area (Å²) >= 11 is 0. The Morgan fingerprint density at radius 1 is 1.12 bits per heavy atom. The van der Waals surface area contributed by atoms with Crippen molar-refractivity contribution in [1.29, 1.82) is 0 Å². The highest BCUT2D eigenvalue weighted by Crippen LogP contribution is 2.30. The molecular weight excluding hydrogens is 314 g/mol. The average Bonchev–Trinajstić information content (AvgIpc) is 2.59. The van der Waals surface area contributed by atoms with Crippen LogP contribution in [0.2, 0.25) is 0 Å². The maximum absolute atomic E-state index is 12.2. The summed E-state index contributed by atoms with van der Waals surface area (Å²) < 4.78 is 0. The lowest BCUT2D eigenvalue weighted by Gasteiger charge is -2.36. The molecule has 2 aromatic carbocycles. The maximum atomic E-state index is 12.2. The maximum Gasteiger partial charge on any atom is 0.319 e. The molecule has 0 atom stereocenters. The van der Waals surface area contributed by atoms with E-state index in [-0.39, 0.29) is 6.03 Å². The molecule has 25 heavy (non-hydrogen) atoms. The molecule has 0 heterocycles. The van der Waals surface area contributed by atoms with Crippen LogP contribution in [-0.2, 0) is 6.54 Å². The Labute approximate surface area is 148 Å². The molecule has 3 rings (SSSR count). The zero-order valence-corrected chi connectivity index (χ0v) is 14.5. The fourth-order valence-electron chi connectivity index (χ4n) is 3.03. The predicted molar refractivity (Wildman–Crippen MR) is 101 cm³/mol. The number of hydrogen-bond donors (Lipinski definition) is 3. The topological polar surface area (TPSA) is 64.6 Å². The van der Waals surface area contributed by atoms with E-state index < -0.39 is 5.60 Å². The average molecular weight is 339 g/mol. The van der Waals surface area contributed by atoms with E-state index >= 15 is 0 Å². The van der Waals surface area contributed by atoms with Crippen molar-refractivity contribution >= 4 is 17.4 Å². The molecule has 1 aliphatic carbocycles. The van der Waals surface area contributed by atoms with Gasteiger partial charge in [-0.1, -0.05) is 42.5 Å². The minimum Gasteiger partial charge on any atom is -0.388 e. The molecule has 3 N–H and O–H groups in total. The normalized spacial score (nSPS) is 15.1. The van der Waals surface area contributed by atoms with Crippen molar-refractivity contribution in [3.05, 3.63) is 60.2 Å². The summed E-state index contributed by atoms with van der Waals surface area (Å²) in [7, 11) is 2.00. The van der Waals surface area contributed by atoms with E-state index in [1.54, 1.807) is 0 Å². The van der Waals surface area contributed by atoms with E-state index in [1.165, 1.54) is 5.56 Å². The fraction of sp³-hybridized carbons (Fsp3) is 0.350. The first kappa shape index (κ1) is 17.3. The minimum atomic E-state index is -0.721. The summed E-state index contributed by atoms with van der Waals surface area (Å²) in [6.07, 6.45) is 2.53. The lowest BCUT2D eigenvalue weighted by molar-refractivity contribution is -0.0287. The molecule has 0 saturated heterocycles. The van der Waals surface area contributed by atoms with Crippen molar-refractivity contribution in [3.8, 4) is 0 Å². The van der Waals surface area contributed by atoms with Crippen molar-refractivity contribution in [2.45, 2.75) is 31.4 Å². The van der Waals surface area contributed by atoms with Gasteiger partial charge in [0.15, 0.2) is 0 Å². The quantitative estimate of drug-likeness (QED) is 0.756. The van der Waals surface area contributed by atoms with Gasteiger partial charge in [0, 0.05) is 20.1 Å². The summed E-state index contributed by atoms with van der Waals surface area (Å²) in [5.41, 5.74) is 2.18. The number of para-hydroxylation sites is 2. The first-order valence-corrected chi connectivity index (χ1v) is 8.67. The lowest BCUT2D eigenvalue weighted by Crippen LogP contribution is -2.48. The number of nitrogens with zero attached hydrogens (tertiary/aromatic N) is 1. The van der Waals surface area contributed by atoms with E-state index in [0.29, 0.717) is 6.54 Å². The van der Waals surface area contributed by atoms with Gasteiger partial charge in [0.2, 0.25) is 0 Å². The Hall–Kier alpha value is -2.53. The predicted octanol–water partition coefficient (Wildman–Crippen LogP) is 3.36. The van der Waals surface area contributed by atoms with E-state index in [9.17, 15) is 9.90 Å². The largest absolute Gasteiger partial charge is 0.388 e. The number of hydrogen-bond acceptors (Lipinski definition) is 3. The first-order valence-electron chi connectivity index (χ1n) is 8.67. The smallest absolute Gasteiger partial charge is 0.319 e. The zero-order chi connectivity index (χ0) is 17.7. The van der Waals surface area contributed by atoms with Crippen LogP contribution in [0.4, 0.5) is 16.2 Å². The molecule has 0 radical (unpaired) electrons. The Morgan fingerprint density at radius 2 is 1.80 bits per heavy atom. The highest BCUT2D eigenvalue weighted by Gasteiger charge is 2.34. The summed E-state index contributed by atoms with van der Waals surface area (Å²) in [6.45, 7) is 1.04. The van der Waals surface area contributed by atoms with Gasteiger partial charge in [0.1, 0.15) is 0 Å². The molecule has 0 bridgehead atoms. The van der Waals surface area contributed by atoms with E-state index in [4.69, 9.17) is 0 Å². The molecule has 1 saturated carbocycles. The van der Waals surface area contributed by atoms with Gasteiger partial charge in [0.05, 0.1) is 17.0 Å². The first-order chi connectivity index (χ1) is 12.1. The van der Waals surface area contributed by atoms with Crippen molar-refractivity contribution < 1.29 is 9.90 Å². The second-order valence-electron chi connectivity index (χ2n) is 6.74. The number of anilines is 2. The zero-order valence-electron chi connectivity index (χ0n) is 14.5. The molecule has 132 valence electrons. The second-order valence-corrected chi connectivity index (χ2v) is 6.74. The van der Waals surface area contributed by atoms with Crippen LogP contribution in [0.3, 0.4) is 0 Å². The second kappa shape index (κ2) is 7.57. The molecule has 2 aromatic rings. The van der Waals surface area contributed by atoms with Gasteiger partial charge in [-0.2, -0.15) is 0 Å². The molecule has 5 nitrogen and oxygen atoms in total. The van der Waals surface area contributed by atoms with Crippen LogP contribution < -0.4 is 15.5 Å². The van der Waals surface area contributed by atoms with Gasteiger partial charge >= 0.3 is 6.03 Å². The van der Waals surface area contributed by atoms with Gasteiger partial charge in [-0.05, 0) is 37.0 Å². The van der Waals surface area contributed by atoms with Gasteiger partial charge < -0.3 is 20.6 Å². The van der Waals surface area contributed by atoms with E-state index in [0.717, 1.165) is 37.2 Å². The fourth-order valence-corrected chi connectivity index (χ4v) is 3.03. The number of urea groups is 1. The van der Waals surface area contributed by atoms with Crippen molar-refractivity contribution in [1.82, 2.24) is 5.32 Å². The van der Waals surface area contributed by atoms with Crippen LogP contribution in [0.1, 0.15) is 24.8 Å². The van der Waals surface area contributed by atoms with E-state index in [2.05, 4.69) is 27.7 Å². The van der Waals surface area contributed by atoms with Crippen LogP contribution in [0.25, 0.3) is 0 Å². The number of nitrogens with one attached hydrogen (secondary N) is 2. The van der Waals surface area contributed by atoms with E-state index in [1.807, 2.05) is 49.5 Å². The molecule has 2 amide bonds. The lowest BCUT2D eigenvalue weighted by atomic mass is 9.80. The highest BCUT2D eigenvalue weighted by atomic mass is 16.3. The summed E-state index contributed by atoms with van der Waals surface area (Å²) in [5.74, 6) is 0. The Kier molecular flexibility index (Phi) is 5.24. The van der Waals surface area contributed by atoms with Gasteiger partial charge in [-0.25, -0.2) is 4.79 Å². The molecule has 0 unspecified atom stereocenters. The number of amides is 2. The van der Waals surface area contributed by atoms with Crippen LogP contribution >= 0.6 is 0 Å². The molecule has 0 aromatic heterocycles. The molecule has 5 heteroatoms. The van der Waals surface area contributed by atoms with Crippen molar-refractivity contribution in [3.63, 3.8) is 0 Å². The third-order valence-electron chi connectivity index (χ3n) is 4.69. The monoisotopic (exact) mass is 339 g/mol. The van der Waals surface area contributed by atoms with Gasteiger partial charge in [-0.3, -0.25) is 0 Å². The Bertz CT molecular complexity index is 714. The van der Waals surface area contributed by atoms with Crippen LogP contribution in [0, 0.1) is 0 Å². The summed E-state index contributed by atoms with van der Waals surface area (Å²) in [6, 6.07) is 17.6. The number of rotatable bonds is 6. The number of benzene rings is 2. The minimum absolute atomic E-state index is 0.291. The SMILES string of the molecule is CN(Cc1ccccc1)c1ccccc1NC(=O)NCC1(O)CCC1. The van der Waals surface area contributed by atoms with Crippen LogP contribution in [-0.4, -0.2) is 30.3 Å². The standard InChI is InChI=1S/C20H25N3O2/c1-23(14-16-8-3-2-4-9-16)18-11-6-5-10-17(18)22-19(24)21-15-20(25)12-7-13-20/h2-6,8-11,25H,7,12-15H2,1H3,(H2,21,22,24). The number of carbonyl (C=O) groups is 1. The highest BCUT2D eigenvalue weighted by molar-refractivity contribution is 5.93. The molecule has 1 fully saturated rings. The third kappa shape index (κ3) is 4.51. The molecule has 0 spiro atoms. The number of aliphatic hydroxyl groups is 1. The summed E-state index contributed by atoms with van der Waals surface area (Å²) in [5, 5.41) is 15.7. The third-order valence-corrected chi connectivity index (χ3v) is 4.69. The summed E-state index contributed by atoms with van der Waals surface area (Å²) in [4.78, 5) is 14.3. The van der Waals surface area contributed by atoms with Gasteiger partial charge in [-0.15, -0.1) is 0 Å². The van der Waals surface area contributed by atoms with Crippen LogP contribution in [0.5, 0.6) is 0 Å². The Morgan fingerprint density at radius 3 is 2.48 bits per heavy atom. The number of carbonyl (C=O) groups excluding carboxylic acids is 1. The Balaban J connectivity index is 1.62. The van der Waals surface area contributed by atoms with Crippen molar-refractivity contribution in [2.24, 2.45) is 0 Å². The molecule has 1 aliphatic rings. The van der Waals surface area contributed by atoms with Gasteiger partial charge in [0.25, 0.3) is 0 Å². The molecule has 0 aliphatic heterocycles. The van der Waals surface area contributed by atoms with Crippen molar-refractivity contribution in [2.75, 3.05) is 23.8 Å².